The molecule has 5 rings (SSSR count). The van der Waals surface area contributed by atoms with E-state index < -0.39 is 5.41 Å². The fraction of sp³-hybridized carbons (Fsp3) is 0.667. The first-order chi connectivity index (χ1) is 13.1. The Morgan fingerprint density at radius 3 is 2.18 bits per heavy atom. The molecule has 0 aromatic heterocycles. The summed E-state index contributed by atoms with van der Waals surface area (Å²) in [6.45, 7) is 6.53. The molecule has 1 aromatic rings. The van der Waals surface area contributed by atoms with Crippen molar-refractivity contribution in [3.63, 3.8) is 0 Å². The van der Waals surface area contributed by atoms with Crippen LogP contribution in [0.5, 0.6) is 0 Å². The number of amides is 2. The highest BCUT2D eigenvalue weighted by Gasteiger charge is 2.51. The van der Waals surface area contributed by atoms with Crippen molar-refractivity contribution in [1.29, 1.82) is 0 Å². The highest BCUT2D eigenvalue weighted by atomic mass is 16.2. The summed E-state index contributed by atoms with van der Waals surface area (Å²) in [4.78, 5) is 27.3. The summed E-state index contributed by atoms with van der Waals surface area (Å²) >= 11 is 0. The number of hydrogen-bond acceptors (Lipinski definition) is 2. The summed E-state index contributed by atoms with van der Waals surface area (Å²) in [6.07, 6.45) is 8.18. The van der Waals surface area contributed by atoms with E-state index in [1.54, 1.807) is 0 Å². The van der Waals surface area contributed by atoms with Gasteiger partial charge in [0.25, 0.3) is 5.91 Å². The Bertz CT molecular complexity index is 742. The van der Waals surface area contributed by atoms with Gasteiger partial charge in [0.15, 0.2) is 0 Å². The minimum absolute atomic E-state index is 0.0426. The maximum Gasteiger partial charge on any atom is 0.253 e. The van der Waals surface area contributed by atoms with Crippen molar-refractivity contribution in [2.75, 3.05) is 18.9 Å². The van der Waals surface area contributed by atoms with E-state index >= 15 is 0 Å². The van der Waals surface area contributed by atoms with Gasteiger partial charge in [-0.3, -0.25) is 9.59 Å². The Morgan fingerprint density at radius 2 is 1.64 bits per heavy atom. The third-order valence-corrected chi connectivity index (χ3v) is 7.13. The Hall–Kier alpha value is -1.84. The topological polar surface area (TPSA) is 49.4 Å². The summed E-state index contributed by atoms with van der Waals surface area (Å²) in [6, 6.07) is 7.36. The third-order valence-electron chi connectivity index (χ3n) is 7.13. The van der Waals surface area contributed by atoms with Gasteiger partial charge < -0.3 is 10.2 Å². The molecule has 2 amide bonds. The molecule has 0 radical (unpaired) electrons. The zero-order valence-corrected chi connectivity index (χ0v) is 17.8. The summed E-state index contributed by atoms with van der Waals surface area (Å²) in [5.74, 6) is 2.70. The Balaban J connectivity index is 1.44. The van der Waals surface area contributed by atoms with Crippen molar-refractivity contribution in [3.05, 3.63) is 29.8 Å². The quantitative estimate of drug-likeness (QED) is 0.800. The lowest BCUT2D eigenvalue weighted by molar-refractivity contribution is -0.123. The highest BCUT2D eigenvalue weighted by molar-refractivity contribution is 5.98. The van der Waals surface area contributed by atoms with E-state index in [2.05, 4.69) is 5.32 Å². The summed E-state index contributed by atoms with van der Waals surface area (Å²) in [5.41, 5.74) is 1.22. The predicted octanol–water partition coefficient (Wildman–Crippen LogP) is 4.96. The van der Waals surface area contributed by atoms with E-state index in [0.29, 0.717) is 16.7 Å². The molecule has 4 aliphatic carbocycles. The van der Waals surface area contributed by atoms with Gasteiger partial charge >= 0.3 is 0 Å². The van der Waals surface area contributed by atoms with Gasteiger partial charge in [0, 0.05) is 30.3 Å². The Kier molecular flexibility index (Phi) is 4.79. The van der Waals surface area contributed by atoms with Gasteiger partial charge in [-0.05, 0) is 79.9 Å². The molecule has 0 saturated heterocycles. The van der Waals surface area contributed by atoms with Crippen molar-refractivity contribution in [1.82, 2.24) is 4.90 Å². The van der Waals surface area contributed by atoms with Gasteiger partial charge in [0.05, 0.1) is 0 Å². The molecule has 0 heterocycles. The van der Waals surface area contributed by atoms with Crippen molar-refractivity contribution in [2.24, 2.45) is 28.6 Å². The number of hydrogen-bond donors (Lipinski definition) is 1. The van der Waals surface area contributed by atoms with Crippen LogP contribution in [-0.2, 0) is 4.79 Å². The van der Waals surface area contributed by atoms with Crippen molar-refractivity contribution in [2.45, 2.75) is 59.3 Å². The van der Waals surface area contributed by atoms with E-state index in [1.165, 1.54) is 38.5 Å². The first-order valence-electron chi connectivity index (χ1n) is 10.8. The van der Waals surface area contributed by atoms with Crippen LogP contribution in [-0.4, -0.2) is 30.3 Å². The SMILES string of the molecule is CN(CC12CC3CC(CC(C3)C1)C2)C(=O)c1cccc(NC(=O)C(C)(C)C)c1. The summed E-state index contributed by atoms with van der Waals surface area (Å²) in [5, 5.41) is 2.93. The van der Waals surface area contributed by atoms with E-state index in [-0.39, 0.29) is 11.8 Å². The lowest BCUT2D eigenvalue weighted by Crippen LogP contribution is -2.51. The van der Waals surface area contributed by atoms with Crippen LogP contribution in [0.2, 0.25) is 0 Å². The van der Waals surface area contributed by atoms with Crippen LogP contribution in [0.25, 0.3) is 0 Å². The number of carbonyl (C=O) groups is 2. The number of nitrogens with zero attached hydrogens (tertiary/aromatic N) is 1. The molecular weight excluding hydrogens is 348 g/mol. The average Bonchev–Trinajstić information content (AvgIpc) is 2.58. The second-order valence-corrected chi connectivity index (χ2v) is 10.9. The molecule has 28 heavy (non-hydrogen) atoms. The van der Waals surface area contributed by atoms with Gasteiger partial charge in [-0.15, -0.1) is 0 Å². The second-order valence-electron chi connectivity index (χ2n) is 10.9. The van der Waals surface area contributed by atoms with E-state index in [4.69, 9.17) is 0 Å². The number of nitrogens with one attached hydrogen (secondary N) is 1. The number of rotatable bonds is 4. The second kappa shape index (κ2) is 6.89. The average molecular weight is 383 g/mol. The fourth-order valence-corrected chi connectivity index (χ4v) is 6.33. The zero-order valence-electron chi connectivity index (χ0n) is 17.8. The highest BCUT2D eigenvalue weighted by Crippen LogP contribution is 2.60. The summed E-state index contributed by atoms with van der Waals surface area (Å²) < 4.78 is 0. The summed E-state index contributed by atoms with van der Waals surface area (Å²) in [7, 11) is 1.95. The van der Waals surface area contributed by atoms with E-state index in [9.17, 15) is 9.59 Å². The molecule has 0 atom stereocenters. The van der Waals surface area contributed by atoms with Crippen LogP contribution in [0.1, 0.15) is 69.7 Å². The monoisotopic (exact) mass is 382 g/mol. The fourth-order valence-electron chi connectivity index (χ4n) is 6.33. The van der Waals surface area contributed by atoms with Crippen molar-refractivity contribution < 1.29 is 9.59 Å². The van der Waals surface area contributed by atoms with Gasteiger partial charge in [-0.25, -0.2) is 0 Å². The molecule has 0 aliphatic heterocycles. The lowest BCUT2D eigenvalue weighted by atomic mass is 9.49. The standard InChI is InChI=1S/C24H34N2O2/c1-23(2,3)22(28)25-20-7-5-6-19(11-20)21(27)26(4)15-24-12-16-8-17(13-24)10-18(9-16)14-24/h5-7,11,16-18H,8-10,12-15H2,1-4H3,(H,25,28). The maximum absolute atomic E-state index is 13.1. The van der Waals surface area contributed by atoms with Gasteiger partial charge in [0.2, 0.25) is 5.91 Å². The molecule has 152 valence electrons. The van der Waals surface area contributed by atoms with Crippen LogP contribution in [0.15, 0.2) is 24.3 Å². The molecule has 4 fully saturated rings. The van der Waals surface area contributed by atoms with Crippen LogP contribution >= 0.6 is 0 Å². The number of carbonyl (C=O) groups excluding carboxylic acids is 2. The molecule has 0 unspecified atom stereocenters. The Labute approximate surface area is 169 Å². The molecule has 1 aromatic carbocycles. The normalized spacial score (nSPS) is 30.9. The molecule has 4 nitrogen and oxygen atoms in total. The molecule has 4 heteroatoms. The lowest BCUT2D eigenvalue weighted by Gasteiger charge is -2.57. The molecule has 1 N–H and O–H groups in total. The van der Waals surface area contributed by atoms with Crippen LogP contribution in [0.4, 0.5) is 5.69 Å². The number of benzene rings is 1. The Morgan fingerprint density at radius 1 is 1.07 bits per heavy atom. The van der Waals surface area contributed by atoms with Crippen molar-refractivity contribution >= 4 is 17.5 Å². The molecule has 0 spiro atoms. The smallest absolute Gasteiger partial charge is 0.253 e. The molecule has 4 saturated carbocycles. The minimum Gasteiger partial charge on any atom is -0.341 e. The van der Waals surface area contributed by atoms with E-state index in [1.807, 2.05) is 57.0 Å². The molecule has 4 bridgehead atoms. The zero-order chi connectivity index (χ0) is 20.1. The largest absolute Gasteiger partial charge is 0.341 e. The minimum atomic E-state index is -0.463. The van der Waals surface area contributed by atoms with Gasteiger partial charge in [-0.1, -0.05) is 26.8 Å². The van der Waals surface area contributed by atoms with Crippen LogP contribution < -0.4 is 5.32 Å². The van der Waals surface area contributed by atoms with Gasteiger partial charge in [-0.2, -0.15) is 0 Å². The van der Waals surface area contributed by atoms with Crippen LogP contribution in [0.3, 0.4) is 0 Å². The first-order valence-corrected chi connectivity index (χ1v) is 10.8. The third kappa shape index (κ3) is 3.83. The molecular formula is C24H34N2O2. The molecule has 4 aliphatic rings. The van der Waals surface area contributed by atoms with Gasteiger partial charge in [0.1, 0.15) is 0 Å². The number of anilines is 1. The van der Waals surface area contributed by atoms with Crippen LogP contribution in [0, 0.1) is 28.6 Å². The van der Waals surface area contributed by atoms with Crippen molar-refractivity contribution in [3.8, 4) is 0 Å². The van der Waals surface area contributed by atoms with E-state index in [0.717, 1.165) is 24.3 Å². The first kappa shape index (κ1) is 19.5. The maximum atomic E-state index is 13.1. The predicted molar refractivity (Wildman–Crippen MR) is 112 cm³/mol.